The molecule has 3 nitrogen and oxygen atoms in total. The van der Waals surface area contributed by atoms with Crippen LogP contribution < -0.4 is 4.74 Å². The summed E-state index contributed by atoms with van der Waals surface area (Å²) in [4.78, 5) is 15.2. The standard InChI is InChI=1S/C21H25NO2/c1-24-20-13-17-8-4-3-7-16(17)12-19(20)21(23)22-11-10-15-6-2-5-9-18(15)14-22/h3-4,7-8,12-13,15,18H,2,5-6,9-11,14H2,1H3/t15-,18-/m0/s1. The van der Waals surface area contributed by atoms with Gasteiger partial charge in [0.25, 0.3) is 5.91 Å². The Balaban J connectivity index is 1.62. The molecule has 1 amide bonds. The van der Waals surface area contributed by atoms with Crippen molar-refractivity contribution in [3.8, 4) is 5.75 Å². The Kier molecular flexibility index (Phi) is 4.17. The van der Waals surface area contributed by atoms with Crippen molar-refractivity contribution in [2.75, 3.05) is 20.2 Å². The largest absolute Gasteiger partial charge is 0.496 e. The van der Waals surface area contributed by atoms with E-state index < -0.39 is 0 Å². The lowest BCUT2D eigenvalue weighted by atomic mass is 9.75. The van der Waals surface area contributed by atoms with Gasteiger partial charge in [0, 0.05) is 13.1 Å². The Morgan fingerprint density at radius 1 is 1.04 bits per heavy atom. The van der Waals surface area contributed by atoms with Crippen LogP contribution in [0.25, 0.3) is 10.8 Å². The van der Waals surface area contributed by atoms with Crippen molar-refractivity contribution >= 4 is 16.7 Å². The number of rotatable bonds is 2. The third-order valence-corrected chi connectivity index (χ3v) is 5.88. The number of benzene rings is 2. The molecule has 3 heteroatoms. The smallest absolute Gasteiger partial charge is 0.257 e. The highest BCUT2D eigenvalue weighted by atomic mass is 16.5. The molecule has 2 aromatic rings. The van der Waals surface area contributed by atoms with E-state index in [1.54, 1.807) is 7.11 Å². The number of amides is 1. The minimum atomic E-state index is 0.127. The molecular formula is C21H25NO2. The lowest BCUT2D eigenvalue weighted by Gasteiger charge is -2.41. The molecule has 1 heterocycles. The van der Waals surface area contributed by atoms with E-state index in [1.165, 1.54) is 25.7 Å². The minimum Gasteiger partial charge on any atom is -0.496 e. The Labute approximate surface area is 143 Å². The average Bonchev–Trinajstić information content (AvgIpc) is 2.66. The van der Waals surface area contributed by atoms with Crippen molar-refractivity contribution in [1.29, 1.82) is 0 Å². The van der Waals surface area contributed by atoms with Crippen LogP contribution in [0.15, 0.2) is 36.4 Å². The van der Waals surface area contributed by atoms with Crippen LogP contribution in [0.3, 0.4) is 0 Å². The Morgan fingerprint density at radius 3 is 2.50 bits per heavy atom. The molecule has 0 aromatic heterocycles. The number of likely N-dealkylation sites (tertiary alicyclic amines) is 1. The van der Waals surface area contributed by atoms with Crippen molar-refractivity contribution < 1.29 is 9.53 Å². The van der Waals surface area contributed by atoms with E-state index in [1.807, 2.05) is 24.3 Å². The second-order valence-corrected chi connectivity index (χ2v) is 7.24. The first-order chi connectivity index (χ1) is 11.8. The van der Waals surface area contributed by atoms with Gasteiger partial charge in [0.15, 0.2) is 0 Å². The summed E-state index contributed by atoms with van der Waals surface area (Å²) in [5, 5.41) is 2.20. The van der Waals surface area contributed by atoms with Crippen LogP contribution in [-0.2, 0) is 0 Å². The fraction of sp³-hybridized carbons (Fsp3) is 0.476. The molecule has 2 fully saturated rings. The van der Waals surface area contributed by atoms with E-state index in [0.29, 0.717) is 17.2 Å². The summed E-state index contributed by atoms with van der Waals surface area (Å²) in [6.45, 7) is 1.80. The molecule has 4 rings (SSSR count). The van der Waals surface area contributed by atoms with E-state index in [4.69, 9.17) is 4.74 Å². The highest BCUT2D eigenvalue weighted by Crippen LogP contribution is 2.37. The topological polar surface area (TPSA) is 29.5 Å². The van der Waals surface area contributed by atoms with Gasteiger partial charge in [-0.2, -0.15) is 0 Å². The Hall–Kier alpha value is -2.03. The number of piperidine rings is 1. The van der Waals surface area contributed by atoms with E-state index in [-0.39, 0.29) is 5.91 Å². The van der Waals surface area contributed by atoms with Crippen LogP contribution in [0.2, 0.25) is 0 Å². The van der Waals surface area contributed by atoms with Gasteiger partial charge in [-0.25, -0.2) is 0 Å². The fourth-order valence-electron chi connectivity index (χ4n) is 4.51. The summed E-state index contributed by atoms with van der Waals surface area (Å²) in [5.74, 6) is 2.34. The van der Waals surface area contributed by atoms with Gasteiger partial charge in [-0.3, -0.25) is 4.79 Å². The van der Waals surface area contributed by atoms with Crippen molar-refractivity contribution in [3.63, 3.8) is 0 Å². The molecule has 1 aliphatic heterocycles. The number of hydrogen-bond acceptors (Lipinski definition) is 2. The number of methoxy groups -OCH3 is 1. The molecule has 126 valence electrons. The number of hydrogen-bond donors (Lipinski definition) is 0. The quantitative estimate of drug-likeness (QED) is 0.814. The highest BCUT2D eigenvalue weighted by molar-refractivity contribution is 6.01. The van der Waals surface area contributed by atoms with Crippen LogP contribution in [0.1, 0.15) is 42.5 Å². The zero-order chi connectivity index (χ0) is 16.5. The first kappa shape index (κ1) is 15.5. The molecule has 1 aliphatic carbocycles. The van der Waals surface area contributed by atoms with Gasteiger partial charge >= 0.3 is 0 Å². The molecule has 1 saturated carbocycles. The summed E-state index contributed by atoms with van der Waals surface area (Å²) < 4.78 is 5.52. The van der Waals surface area contributed by atoms with Gasteiger partial charge in [-0.1, -0.05) is 43.5 Å². The van der Waals surface area contributed by atoms with Gasteiger partial charge in [0.05, 0.1) is 12.7 Å². The number of ether oxygens (including phenoxy) is 1. The molecule has 0 N–H and O–H groups in total. The van der Waals surface area contributed by atoms with Crippen molar-refractivity contribution in [2.45, 2.75) is 32.1 Å². The molecular weight excluding hydrogens is 298 g/mol. The van der Waals surface area contributed by atoms with Crippen LogP contribution in [0.4, 0.5) is 0 Å². The normalized spacial score (nSPS) is 23.8. The maximum absolute atomic E-state index is 13.1. The van der Waals surface area contributed by atoms with Crippen LogP contribution in [0.5, 0.6) is 5.75 Å². The number of carbonyl (C=O) groups is 1. The SMILES string of the molecule is COc1cc2ccccc2cc1C(=O)N1CC[C@@H]2CCCC[C@H]2C1. The number of carbonyl (C=O) groups excluding carboxylic acids is 1. The lowest BCUT2D eigenvalue weighted by Crippen LogP contribution is -2.44. The summed E-state index contributed by atoms with van der Waals surface area (Å²) >= 11 is 0. The lowest BCUT2D eigenvalue weighted by molar-refractivity contribution is 0.0518. The van der Waals surface area contributed by atoms with Crippen molar-refractivity contribution in [3.05, 3.63) is 42.0 Å². The van der Waals surface area contributed by atoms with E-state index in [0.717, 1.165) is 36.2 Å². The number of fused-ring (bicyclic) bond motifs is 2. The highest BCUT2D eigenvalue weighted by Gasteiger charge is 2.33. The Bertz CT molecular complexity index is 755. The van der Waals surface area contributed by atoms with E-state index in [9.17, 15) is 4.79 Å². The summed E-state index contributed by atoms with van der Waals surface area (Å²) in [6.07, 6.45) is 6.48. The van der Waals surface area contributed by atoms with Crippen LogP contribution in [-0.4, -0.2) is 31.0 Å². The minimum absolute atomic E-state index is 0.127. The molecule has 0 bridgehead atoms. The van der Waals surface area contributed by atoms with Gasteiger partial charge < -0.3 is 9.64 Å². The van der Waals surface area contributed by atoms with Gasteiger partial charge in [-0.05, 0) is 47.6 Å². The first-order valence-corrected chi connectivity index (χ1v) is 9.12. The zero-order valence-electron chi connectivity index (χ0n) is 14.3. The first-order valence-electron chi connectivity index (χ1n) is 9.12. The molecule has 0 spiro atoms. The monoisotopic (exact) mass is 323 g/mol. The molecule has 2 aliphatic rings. The maximum Gasteiger partial charge on any atom is 0.257 e. The fourth-order valence-corrected chi connectivity index (χ4v) is 4.51. The van der Waals surface area contributed by atoms with E-state index >= 15 is 0 Å². The number of nitrogens with zero attached hydrogens (tertiary/aromatic N) is 1. The van der Waals surface area contributed by atoms with Crippen molar-refractivity contribution in [1.82, 2.24) is 4.90 Å². The predicted octanol–water partition coefficient (Wildman–Crippen LogP) is 4.50. The summed E-state index contributed by atoms with van der Waals surface area (Å²) in [5.41, 5.74) is 0.699. The third kappa shape index (κ3) is 2.77. The zero-order valence-corrected chi connectivity index (χ0v) is 14.3. The van der Waals surface area contributed by atoms with Crippen molar-refractivity contribution in [2.24, 2.45) is 11.8 Å². The van der Waals surface area contributed by atoms with Crippen LogP contribution in [0, 0.1) is 11.8 Å². The molecule has 2 atom stereocenters. The van der Waals surface area contributed by atoms with Gasteiger partial charge in [-0.15, -0.1) is 0 Å². The average molecular weight is 323 g/mol. The molecule has 24 heavy (non-hydrogen) atoms. The summed E-state index contributed by atoms with van der Waals surface area (Å²) in [7, 11) is 1.65. The molecule has 1 saturated heterocycles. The maximum atomic E-state index is 13.1. The Morgan fingerprint density at radius 2 is 1.75 bits per heavy atom. The second kappa shape index (κ2) is 6.46. The predicted molar refractivity (Wildman–Crippen MR) is 96.5 cm³/mol. The second-order valence-electron chi connectivity index (χ2n) is 7.24. The van der Waals surface area contributed by atoms with E-state index in [2.05, 4.69) is 17.0 Å². The molecule has 0 radical (unpaired) electrons. The van der Waals surface area contributed by atoms with Gasteiger partial charge in [0.1, 0.15) is 5.75 Å². The molecule has 2 aromatic carbocycles. The third-order valence-electron chi connectivity index (χ3n) is 5.88. The van der Waals surface area contributed by atoms with Crippen LogP contribution >= 0.6 is 0 Å². The van der Waals surface area contributed by atoms with Gasteiger partial charge in [0.2, 0.25) is 0 Å². The summed E-state index contributed by atoms with van der Waals surface area (Å²) in [6, 6.07) is 12.1. The molecule has 0 unspecified atom stereocenters.